The van der Waals surface area contributed by atoms with E-state index in [1.165, 1.54) is 103 Å². The second-order valence-electron chi connectivity index (χ2n) is 15.1. The minimum atomic E-state index is -1.17. The number of esters is 2. The van der Waals surface area contributed by atoms with Crippen molar-refractivity contribution in [1.29, 1.82) is 0 Å². The summed E-state index contributed by atoms with van der Waals surface area (Å²) in [5.74, 6) is -1.80. The van der Waals surface area contributed by atoms with Crippen LogP contribution in [-0.4, -0.2) is 62.3 Å². The normalized spacial score (nSPS) is 12.6. The number of carbonyl (C=O) groups is 3. The molecule has 0 aromatic carbocycles. The lowest BCUT2D eigenvalue weighted by Crippen LogP contribution is -2.53. The first-order valence-corrected chi connectivity index (χ1v) is 20.9. The molecule has 0 bridgehead atoms. The van der Waals surface area contributed by atoms with Gasteiger partial charge < -0.3 is 23.9 Å². The minimum absolute atomic E-state index is 0.0588. The predicted octanol–water partition coefficient (Wildman–Crippen LogP) is 10.3. The van der Waals surface area contributed by atoms with E-state index >= 15 is 0 Å². The van der Waals surface area contributed by atoms with Gasteiger partial charge in [0, 0.05) is 12.8 Å². The third kappa shape index (κ3) is 35.7. The smallest absolute Gasteiger partial charge is 0.306 e. The number of hydrogen-bond acceptors (Lipinski definition) is 6. The van der Waals surface area contributed by atoms with Crippen LogP contribution in [0.15, 0.2) is 24.3 Å². The number of quaternary nitrogens is 1. The molecule has 0 saturated carbocycles. The van der Waals surface area contributed by atoms with Gasteiger partial charge in [-0.2, -0.15) is 0 Å². The van der Waals surface area contributed by atoms with Gasteiger partial charge >= 0.3 is 11.9 Å². The summed E-state index contributed by atoms with van der Waals surface area (Å²) in [6.45, 7) is 4.46. The van der Waals surface area contributed by atoms with E-state index in [-0.39, 0.29) is 36.1 Å². The number of aliphatic carboxylic acids is 1. The van der Waals surface area contributed by atoms with Crippen molar-refractivity contribution in [2.24, 2.45) is 0 Å². The summed E-state index contributed by atoms with van der Waals surface area (Å²) in [5, 5.41) is 11.2. The molecule has 0 aromatic rings. The van der Waals surface area contributed by atoms with Crippen LogP contribution in [0.25, 0.3) is 0 Å². The second kappa shape index (κ2) is 35.3. The third-order valence-electron chi connectivity index (χ3n) is 9.27. The molecule has 0 aliphatic rings. The molecule has 7 nitrogen and oxygen atoms in total. The number of carboxylic acids is 1. The zero-order valence-electron chi connectivity index (χ0n) is 33.2. The topological polar surface area (TPSA) is 92.7 Å². The van der Waals surface area contributed by atoms with Crippen molar-refractivity contribution >= 4 is 17.9 Å². The number of ether oxygens (including phenoxy) is 2. The Labute approximate surface area is 308 Å². The van der Waals surface area contributed by atoms with Crippen LogP contribution in [-0.2, 0) is 23.9 Å². The molecule has 0 saturated heterocycles. The van der Waals surface area contributed by atoms with Gasteiger partial charge in [-0.05, 0) is 64.2 Å². The molecule has 0 aliphatic heterocycles. The SMILES string of the molecule is CCCCCCCC/C=C\CCCCCCCC(=O)OCC(C[N+](C)(C)CC(=O)[O-])OC(=O)CCCCCCC/C=C\CCCCCCCC. The van der Waals surface area contributed by atoms with Gasteiger partial charge in [0.25, 0.3) is 0 Å². The number of hydrogen-bond donors (Lipinski definition) is 0. The van der Waals surface area contributed by atoms with Crippen LogP contribution >= 0.6 is 0 Å². The summed E-state index contributed by atoms with van der Waals surface area (Å²) >= 11 is 0. The average Bonchev–Trinajstić information content (AvgIpc) is 3.06. The van der Waals surface area contributed by atoms with Gasteiger partial charge in [-0.15, -0.1) is 0 Å². The van der Waals surface area contributed by atoms with Crippen molar-refractivity contribution in [2.45, 2.75) is 200 Å². The van der Waals surface area contributed by atoms with Crippen LogP contribution in [0.2, 0.25) is 0 Å². The molecule has 1 unspecified atom stereocenters. The summed E-state index contributed by atoms with van der Waals surface area (Å²) < 4.78 is 11.3. The molecule has 292 valence electrons. The Hall–Kier alpha value is -2.15. The fourth-order valence-corrected chi connectivity index (χ4v) is 6.27. The lowest BCUT2D eigenvalue weighted by molar-refractivity contribution is -0.887. The Morgan fingerprint density at radius 3 is 1.30 bits per heavy atom. The largest absolute Gasteiger partial charge is 0.544 e. The van der Waals surface area contributed by atoms with Crippen molar-refractivity contribution in [3.63, 3.8) is 0 Å². The number of rotatable bonds is 37. The quantitative estimate of drug-likeness (QED) is 0.0276. The summed E-state index contributed by atoms with van der Waals surface area (Å²) in [6.07, 6.45) is 40.3. The van der Waals surface area contributed by atoms with Gasteiger partial charge in [-0.25, -0.2) is 0 Å². The molecule has 1 atom stereocenters. The Balaban J connectivity index is 4.17. The van der Waals surface area contributed by atoms with Crippen LogP contribution in [0, 0.1) is 0 Å². The van der Waals surface area contributed by atoms with E-state index in [0.717, 1.165) is 64.2 Å². The van der Waals surface area contributed by atoms with E-state index in [2.05, 4.69) is 38.2 Å². The van der Waals surface area contributed by atoms with E-state index < -0.39 is 12.1 Å². The molecule has 0 aromatic heterocycles. The first kappa shape index (κ1) is 47.8. The minimum Gasteiger partial charge on any atom is -0.544 e. The van der Waals surface area contributed by atoms with Crippen molar-refractivity contribution in [1.82, 2.24) is 0 Å². The summed E-state index contributed by atoms with van der Waals surface area (Å²) in [6, 6.07) is 0. The number of allylic oxidation sites excluding steroid dienone is 4. The van der Waals surface area contributed by atoms with Gasteiger partial charge in [0.1, 0.15) is 19.7 Å². The fraction of sp³-hybridized carbons (Fsp3) is 0.837. The molecule has 50 heavy (non-hydrogen) atoms. The number of carbonyl (C=O) groups excluding carboxylic acids is 3. The molecule has 0 radical (unpaired) electrons. The molecular formula is C43H79NO6. The zero-order valence-corrected chi connectivity index (χ0v) is 33.2. The maximum atomic E-state index is 12.7. The second-order valence-corrected chi connectivity index (χ2v) is 15.1. The van der Waals surface area contributed by atoms with Crippen molar-refractivity contribution in [3.8, 4) is 0 Å². The Bertz CT molecular complexity index is 867. The molecule has 0 spiro atoms. The Kier molecular flexibility index (Phi) is 33.7. The van der Waals surface area contributed by atoms with Gasteiger partial charge in [0.05, 0.1) is 20.1 Å². The molecular weight excluding hydrogens is 626 g/mol. The van der Waals surface area contributed by atoms with Crippen LogP contribution in [0.4, 0.5) is 0 Å². The molecule has 0 rings (SSSR count). The predicted molar refractivity (Wildman–Crippen MR) is 207 cm³/mol. The standard InChI is InChI=1S/C43H79NO6/c1-5-7-9-11-13-15-17-19-21-23-25-27-29-31-33-35-42(47)49-39-40(37-44(3,4)38-41(45)46)50-43(48)36-34-32-30-28-26-24-22-20-18-16-14-12-10-8-6-2/h19-22,40H,5-18,23-39H2,1-4H3/b21-19-,22-20-. The first-order valence-electron chi connectivity index (χ1n) is 20.9. The van der Waals surface area contributed by atoms with Crippen LogP contribution < -0.4 is 5.11 Å². The van der Waals surface area contributed by atoms with Gasteiger partial charge in [-0.1, -0.05) is 141 Å². The van der Waals surface area contributed by atoms with Gasteiger partial charge in [0.15, 0.2) is 6.10 Å². The van der Waals surface area contributed by atoms with Crippen LogP contribution in [0.1, 0.15) is 194 Å². The van der Waals surface area contributed by atoms with E-state index in [1.807, 2.05) is 0 Å². The van der Waals surface area contributed by atoms with E-state index in [0.29, 0.717) is 12.8 Å². The number of nitrogens with zero attached hydrogens (tertiary/aromatic N) is 1. The number of unbranched alkanes of at least 4 members (excludes halogenated alkanes) is 22. The van der Waals surface area contributed by atoms with Gasteiger partial charge in [0.2, 0.25) is 0 Å². The summed E-state index contributed by atoms with van der Waals surface area (Å²) in [4.78, 5) is 36.4. The van der Waals surface area contributed by atoms with Crippen LogP contribution in [0.3, 0.4) is 0 Å². The van der Waals surface area contributed by atoms with E-state index in [9.17, 15) is 19.5 Å². The average molecular weight is 706 g/mol. The maximum absolute atomic E-state index is 12.7. The number of carboxylic acid groups (broad SMARTS) is 1. The molecule has 0 amide bonds. The van der Waals surface area contributed by atoms with Gasteiger partial charge in [-0.3, -0.25) is 9.59 Å². The monoisotopic (exact) mass is 706 g/mol. The lowest BCUT2D eigenvalue weighted by Gasteiger charge is -2.33. The highest BCUT2D eigenvalue weighted by atomic mass is 16.6. The molecule has 0 fully saturated rings. The first-order chi connectivity index (χ1) is 24.2. The molecule has 0 heterocycles. The molecule has 7 heteroatoms. The van der Waals surface area contributed by atoms with Crippen molar-refractivity contribution in [2.75, 3.05) is 33.8 Å². The highest BCUT2D eigenvalue weighted by molar-refractivity contribution is 5.70. The number of likely N-dealkylation sites (N-methyl/N-ethyl adjacent to an activating group) is 1. The Morgan fingerprint density at radius 1 is 0.540 bits per heavy atom. The van der Waals surface area contributed by atoms with Crippen molar-refractivity contribution in [3.05, 3.63) is 24.3 Å². The fourth-order valence-electron chi connectivity index (χ4n) is 6.27. The van der Waals surface area contributed by atoms with E-state index in [1.54, 1.807) is 14.1 Å². The third-order valence-corrected chi connectivity index (χ3v) is 9.27. The van der Waals surface area contributed by atoms with Crippen LogP contribution in [0.5, 0.6) is 0 Å². The molecule has 0 aliphatic carbocycles. The summed E-state index contributed by atoms with van der Waals surface area (Å²) in [7, 11) is 3.49. The lowest BCUT2D eigenvalue weighted by atomic mass is 10.1. The Morgan fingerprint density at radius 2 is 0.900 bits per heavy atom. The van der Waals surface area contributed by atoms with E-state index in [4.69, 9.17) is 9.47 Å². The highest BCUT2D eigenvalue weighted by Crippen LogP contribution is 2.14. The maximum Gasteiger partial charge on any atom is 0.306 e. The highest BCUT2D eigenvalue weighted by Gasteiger charge is 2.27. The molecule has 0 N–H and O–H groups in total. The van der Waals surface area contributed by atoms with Crippen molar-refractivity contribution < 1.29 is 33.4 Å². The zero-order chi connectivity index (χ0) is 37.0. The summed E-state index contributed by atoms with van der Waals surface area (Å²) in [5.41, 5.74) is 0.